The number of nitrogens with one attached hydrogen (secondary N) is 1. The first-order valence-electron chi connectivity index (χ1n) is 15.7. The number of anilines is 2. The van der Waals surface area contributed by atoms with Gasteiger partial charge in [-0.3, -0.25) is 4.79 Å². The zero-order valence-electron chi connectivity index (χ0n) is 26.2. The van der Waals surface area contributed by atoms with E-state index in [1.807, 2.05) is 32.0 Å². The molecule has 1 N–H and O–H groups in total. The summed E-state index contributed by atoms with van der Waals surface area (Å²) in [6.45, 7) is 6.66. The fourth-order valence-corrected chi connectivity index (χ4v) is 6.19. The van der Waals surface area contributed by atoms with Gasteiger partial charge in [0.2, 0.25) is 0 Å². The van der Waals surface area contributed by atoms with E-state index in [2.05, 4.69) is 10.2 Å². The van der Waals surface area contributed by atoms with Crippen molar-refractivity contribution in [3.05, 3.63) is 87.8 Å². The topological polar surface area (TPSA) is 99.2 Å². The number of rotatable bonds is 10. The van der Waals surface area contributed by atoms with Gasteiger partial charge in [-0.15, -0.1) is 0 Å². The zero-order valence-corrected chi connectivity index (χ0v) is 27.0. The molecular formula is C36H35ClFN3O6. The second-order valence-electron chi connectivity index (χ2n) is 11.0. The number of halogens is 2. The van der Waals surface area contributed by atoms with Gasteiger partial charge in [0.05, 0.1) is 59.6 Å². The van der Waals surface area contributed by atoms with Crippen LogP contribution in [0.3, 0.4) is 0 Å². The first-order valence-corrected chi connectivity index (χ1v) is 16.1. The zero-order chi connectivity index (χ0) is 32.9. The lowest BCUT2D eigenvalue weighted by Crippen LogP contribution is -2.36. The molecule has 3 aromatic carbocycles. The Balaban J connectivity index is 1.25. The van der Waals surface area contributed by atoms with E-state index in [1.165, 1.54) is 6.07 Å². The molecule has 1 fully saturated rings. The highest BCUT2D eigenvalue weighted by molar-refractivity contribution is 6.32. The molecule has 1 amide bonds. The Morgan fingerprint density at radius 3 is 2.55 bits per heavy atom. The quantitative estimate of drug-likeness (QED) is 0.183. The van der Waals surface area contributed by atoms with Crippen molar-refractivity contribution in [3.63, 3.8) is 0 Å². The molecule has 244 valence electrons. The smallest absolute Gasteiger partial charge is 0.339 e. The normalized spacial score (nSPS) is 15.1. The SMILES string of the molecule is CCOc1cc(N2CCOCC2)c(OCC)cc1NC(=O)COC(=O)c1c2c(nc3ccccc13)C(=Cc1c(F)cccc1Cl)CC2. The highest BCUT2D eigenvalue weighted by atomic mass is 35.5. The minimum Gasteiger partial charge on any atom is -0.492 e. The number of amides is 1. The van der Waals surface area contributed by atoms with Crippen molar-refractivity contribution in [2.75, 3.05) is 56.3 Å². The summed E-state index contributed by atoms with van der Waals surface area (Å²) in [5.41, 5.74) is 4.49. The third-order valence-corrected chi connectivity index (χ3v) is 8.41. The molecule has 0 saturated carbocycles. The molecular weight excluding hydrogens is 625 g/mol. The summed E-state index contributed by atoms with van der Waals surface area (Å²) in [4.78, 5) is 33.9. The number of pyridine rings is 1. The number of hydrogen-bond acceptors (Lipinski definition) is 8. The van der Waals surface area contributed by atoms with Crippen LogP contribution < -0.4 is 19.7 Å². The number of ether oxygens (including phenoxy) is 4. The molecule has 0 bridgehead atoms. The van der Waals surface area contributed by atoms with E-state index >= 15 is 0 Å². The highest BCUT2D eigenvalue weighted by Gasteiger charge is 2.29. The van der Waals surface area contributed by atoms with Crippen LogP contribution in [0.2, 0.25) is 5.02 Å². The van der Waals surface area contributed by atoms with Gasteiger partial charge >= 0.3 is 5.97 Å². The van der Waals surface area contributed by atoms with Gasteiger partial charge in [0.25, 0.3) is 5.91 Å². The molecule has 1 saturated heterocycles. The lowest BCUT2D eigenvalue weighted by atomic mass is 10.0. The molecule has 0 radical (unpaired) electrons. The molecule has 11 heteroatoms. The van der Waals surface area contributed by atoms with Gasteiger partial charge in [0.1, 0.15) is 17.3 Å². The number of para-hydroxylation sites is 1. The van der Waals surface area contributed by atoms with E-state index in [9.17, 15) is 14.0 Å². The second kappa shape index (κ2) is 14.4. The number of morpholine rings is 1. The van der Waals surface area contributed by atoms with Crippen molar-refractivity contribution >= 4 is 57.4 Å². The van der Waals surface area contributed by atoms with Gasteiger partial charge in [-0.25, -0.2) is 14.2 Å². The summed E-state index contributed by atoms with van der Waals surface area (Å²) < 4.78 is 37.6. The Bertz CT molecular complexity index is 1840. The lowest BCUT2D eigenvalue weighted by Gasteiger charge is -2.31. The van der Waals surface area contributed by atoms with Crippen molar-refractivity contribution in [3.8, 4) is 11.5 Å². The van der Waals surface area contributed by atoms with Crippen LogP contribution in [0.15, 0.2) is 54.6 Å². The summed E-state index contributed by atoms with van der Waals surface area (Å²) in [6.07, 6.45) is 2.71. The Labute approximate surface area is 277 Å². The maximum absolute atomic E-state index is 14.6. The monoisotopic (exact) mass is 659 g/mol. The number of nitrogens with zero attached hydrogens (tertiary/aromatic N) is 2. The molecule has 6 rings (SSSR count). The van der Waals surface area contributed by atoms with Crippen molar-refractivity contribution in [1.82, 2.24) is 4.98 Å². The Hall–Kier alpha value is -4.67. The van der Waals surface area contributed by atoms with Crippen molar-refractivity contribution in [2.45, 2.75) is 26.7 Å². The number of allylic oxidation sites excluding steroid dienone is 1. The molecule has 0 atom stereocenters. The van der Waals surface area contributed by atoms with Crippen LogP contribution in [-0.2, 0) is 20.7 Å². The summed E-state index contributed by atoms with van der Waals surface area (Å²) in [5.74, 6) is -0.552. The first kappa shape index (κ1) is 32.3. The van der Waals surface area contributed by atoms with Crippen LogP contribution in [0, 0.1) is 5.82 Å². The highest BCUT2D eigenvalue weighted by Crippen LogP contribution is 2.40. The number of carbonyl (C=O) groups excluding carboxylic acids is 2. The minimum absolute atomic E-state index is 0.268. The average molecular weight is 660 g/mol. The molecule has 0 spiro atoms. The molecule has 9 nitrogen and oxygen atoms in total. The number of benzene rings is 3. The Kier molecular flexibility index (Phi) is 9.89. The van der Waals surface area contributed by atoms with E-state index in [0.29, 0.717) is 97.3 Å². The first-order chi connectivity index (χ1) is 22.9. The molecule has 4 aromatic rings. The van der Waals surface area contributed by atoms with Crippen LogP contribution >= 0.6 is 11.6 Å². The number of hydrogen-bond donors (Lipinski definition) is 1. The number of esters is 1. The van der Waals surface area contributed by atoms with Gasteiger partial charge in [-0.2, -0.15) is 0 Å². The van der Waals surface area contributed by atoms with Crippen LogP contribution in [0.4, 0.5) is 15.8 Å². The summed E-state index contributed by atoms with van der Waals surface area (Å²) in [5, 5.41) is 3.73. The second-order valence-corrected chi connectivity index (χ2v) is 11.4. The van der Waals surface area contributed by atoms with Crippen LogP contribution in [0.25, 0.3) is 22.6 Å². The van der Waals surface area contributed by atoms with E-state index in [0.717, 1.165) is 11.3 Å². The van der Waals surface area contributed by atoms with E-state index in [4.69, 9.17) is 35.5 Å². The maximum Gasteiger partial charge on any atom is 0.339 e. The van der Waals surface area contributed by atoms with Gasteiger partial charge in [0, 0.05) is 36.2 Å². The molecule has 1 aliphatic carbocycles. The molecule has 47 heavy (non-hydrogen) atoms. The summed E-state index contributed by atoms with van der Waals surface area (Å²) in [6, 6.07) is 15.4. The molecule has 2 heterocycles. The van der Waals surface area contributed by atoms with Gasteiger partial charge < -0.3 is 29.2 Å². The number of fused-ring (bicyclic) bond motifs is 2. The van der Waals surface area contributed by atoms with Gasteiger partial charge in [-0.1, -0.05) is 35.9 Å². The predicted molar refractivity (Wildman–Crippen MR) is 180 cm³/mol. The van der Waals surface area contributed by atoms with Crippen molar-refractivity contribution in [1.29, 1.82) is 0 Å². The average Bonchev–Trinajstić information content (AvgIpc) is 3.47. The summed E-state index contributed by atoms with van der Waals surface area (Å²) >= 11 is 6.30. The molecule has 1 aromatic heterocycles. The summed E-state index contributed by atoms with van der Waals surface area (Å²) in [7, 11) is 0. The Morgan fingerprint density at radius 2 is 1.79 bits per heavy atom. The number of aromatic nitrogens is 1. The molecule has 1 aliphatic heterocycles. The van der Waals surface area contributed by atoms with E-state index < -0.39 is 24.3 Å². The third-order valence-electron chi connectivity index (χ3n) is 8.09. The van der Waals surface area contributed by atoms with Gasteiger partial charge in [-0.05, 0) is 62.1 Å². The lowest BCUT2D eigenvalue weighted by molar-refractivity contribution is -0.119. The standard InChI is InChI=1S/C36H35ClFN3O6/c1-3-45-31-20-30(41-14-16-44-17-15-41)32(46-4-2)19-29(31)39-33(42)21-47-36(43)34-23-8-5-6-11-28(23)40-35-22(12-13-24(34)35)18-25-26(37)9-7-10-27(25)38/h5-11,18-20H,3-4,12-17,21H2,1-2H3,(H,39,42). The fraction of sp³-hybridized carbons (Fsp3) is 0.306. The number of carbonyl (C=O) groups is 2. The molecule has 2 aliphatic rings. The van der Waals surface area contributed by atoms with Gasteiger partial charge in [0.15, 0.2) is 6.61 Å². The maximum atomic E-state index is 14.6. The Morgan fingerprint density at radius 1 is 1.02 bits per heavy atom. The van der Waals surface area contributed by atoms with Crippen LogP contribution in [-0.4, -0.2) is 63.0 Å². The van der Waals surface area contributed by atoms with Crippen LogP contribution in [0.1, 0.15) is 47.4 Å². The van der Waals surface area contributed by atoms with Crippen molar-refractivity contribution in [2.24, 2.45) is 0 Å². The van der Waals surface area contributed by atoms with Crippen molar-refractivity contribution < 1.29 is 32.9 Å². The third kappa shape index (κ3) is 6.89. The predicted octanol–water partition coefficient (Wildman–Crippen LogP) is 6.94. The minimum atomic E-state index is -0.650. The molecule has 0 unspecified atom stereocenters. The largest absolute Gasteiger partial charge is 0.492 e. The van der Waals surface area contributed by atoms with Crippen LogP contribution in [0.5, 0.6) is 11.5 Å². The van der Waals surface area contributed by atoms with E-state index in [-0.39, 0.29) is 10.6 Å². The fourth-order valence-electron chi connectivity index (χ4n) is 5.97. The van der Waals surface area contributed by atoms with E-state index in [1.54, 1.807) is 36.4 Å².